The molecule has 1 aliphatic heterocycles. The van der Waals surface area contributed by atoms with Crippen molar-refractivity contribution in [3.8, 4) is 11.5 Å². The second kappa shape index (κ2) is 7.70. The number of amides is 1. The summed E-state index contributed by atoms with van der Waals surface area (Å²) >= 11 is 0. The van der Waals surface area contributed by atoms with E-state index in [0.29, 0.717) is 36.0 Å². The van der Waals surface area contributed by atoms with Gasteiger partial charge >= 0.3 is 5.97 Å². The number of rotatable bonds is 5. The summed E-state index contributed by atoms with van der Waals surface area (Å²) in [6, 6.07) is 12.3. The summed E-state index contributed by atoms with van der Waals surface area (Å²) in [5.41, 5.74) is 2.16. The number of carbonyl (C=O) groups excluding carboxylic acids is 2. The summed E-state index contributed by atoms with van der Waals surface area (Å²) < 4.78 is 15.9. The van der Waals surface area contributed by atoms with E-state index >= 15 is 0 Å². The van der Waals surface area contributed by atoms with E-state index < -0.39 is 11.9 Å². The first-order chi connectivity index (χ1) is 12.2. The van der Waals surface area contributed by atoms with Gasteiger partial charge in [0.2, 0.25) is 0 Å². The van der Waals surface area contributed by atoms with Crippen molar-refractivity contribution in [2.75, 3.05) is 25.1 Å². The van der Waals surface area contributed by atoms with Gasteiger partial charge in [0.25, 0.3) is 5.91 Å². The zero-order chi connectivity index (χ0) is 17.6. The normalized spacial score (nSPS) is 12.4. The van der Waals surface area contributed by atoms with E-state index in [1.807, 2.05) is 24.3 Å². The van der Waals surface area contributed by atoms with Crippen molar-refractivity contribution in [3.05, 3.63) is 53.6 Å². The molecule has 6 heteroatoms. The second-order valence-electron chi connectivity index (χ2n) is 5.53. The molecule has 3 rings (SSSR count). The fraction of sp³-hybridized carbons (Fsp3) is 0.263. The van der Waals surface area contributed by atoms with Gasteiger partial charge in [0.1, 0.15) is 13.2 Å². The number of hydrogen-bond donors (Lipinski definition) is 1. The van der Waals surface area contributed by atoms with E-state index in [4.69, 9.17) is 14.2 Å². The van der Waals surface area contributed by atoms with Crippen LogP contribution in [0.15, 0.2) is 42.5 Å². The predicted octanol–water partition coefficient (Wildman–Crippen LogP) is 2.82. The van der Waals surface area contributed by atoms with Crippen LogP contribution >= 0.6 is 0 Å². The third-order valence-corrected chi connectivity index (χ3v) is 3.76. The van der Waals surface area contributed by atoms with Gasteiger partial charge in [0.15, 0.2) is 18.1 Å². The highest BCUT2D eigenvalue weighted by molar-refractivity contribution is 5.95. The van der Waals surface area contributed by atoms with Gasteiger partial charge in [-0.2, -0.15) is 0 Å². The van der Waals surface area contributed by atoms with Crippen molar-refractivity contribution in [1.29, 1.82) is 0 Å². The number of nitrogens with one attached hydrogen (secondary N) is 1. The molecular formula is C19H19NO5. The highest BCUT2D eigenvalue weighted by Crippen LogP contribution is 2.30. The van der Waals surface area contributed by atoms with E-state index in [2.05, 4.69) is 12.2 Å². The minimum Gasteiger partial charge on any atom is -0.486 e. The van der Waals surface area contributed by atoms with Gasteiger partial charge in [0, 0.05) is 5.69 Å². The third-order valence-electron chi connectivity index (χ3n) is 3.76. The molecule has 0 radical (unpaired) electrons. The molecule has 130 valence electrons. The number of fused-ring (bicyclic) bond motifs is 1. The van der Waals surface area contributed by atoms with Crippen molar-refractivity contribution in [1.82, 2.24) is 0 Å². The highest BCUT2D eigenvalue weighted by Gasteiger charge is 2.16. The van der Waals surface area contributed by atoms with Gasteiger partial charge in [-0.05, 0) is 42.3 Å². The number of benzene rings is 2. The Kier molecular flexibility index (Phi) is 5.18. The molecule has 0 aromatic heterocycles. The lowest BCUT2D eigenvalue weighted by Crippen LogP contribution is -2.21. The van der Waals surface area contributed by atoms with Crippen LogP contribution in [-0.2, 0) is 16.0 Å². The standard InChI is InChI=1S/C19H19NO5/c1-2-13-3-6-15(7-4-13)20-18(21)12-25-19(22)14-5-8-16-17(11-14)24-10-9-23-16/h3-8,11H,2,9-10,12H2,1H3,(H,20,21). The molecule has 0 aliphatic carbocycles. The van der Waals surface area contributed by atoms with Gasteiger partial charge < -0.3 is 19.5 Å². The maximum absolute atomic E-state index is 12.1. The summed E-state index contributed by atoms with van der Waals surface area (Å²) in [4.78, 5) is 24.0. The molecule has 0 saturated carbocycles. The van der Waals surface area contributed by atoms with Crippen LogP contribution < -0.4 is 14.8 Å². The fourth-order valence-corrected chi connectivity index (χ4v) is 2.41. The van der Waals surface area contributed by atoms with Crippen molar-refractivity contribution in [2.24, 2.45) is 0 Å². The molecule has 25 heavy (non-hydrogen) atoms. The van der Waals surface area contributed by atoms with Crippen LogP contribution in [-0.4, -0.2) is 31.7 Å². The summed E-state index contributed by atoms with van der Waals surface area (Å²) in [5, 5.41) is 2.69. The monoisotopic (exact) mass is 341 g/mol. The zero-order valence-electron chi connectivity index (χ0n) is 13.9. The molecule has 1 heterocycles. The molecule has 1 aliphatic rings. The molecular weight excluding hydrogens is 322 g/mol. The molecule has 6 nitrogen and oxygen atoms in total. The van der Waals surface area contributed by atoms with Gasteiger partial charge in [0.05, 0.1) is 5.56 Å². The molecule has 1 N–H and O–H groups in total. The van der Waals surface area contributed by atoms with E-state index in [-0.39, 0.29) is 6.61 Å². The maximum Gasteiger partial charge on any atom is 0.338 e. The Morgan fingerprint density at radius 2 is 1.76 bits per heavy atom. The van der Waals surface area contributed by atoms with Gasteiger partial charge in [-0.1, -0.05) is 19.1 Å². The van der Waals surface area contributed by atoms with Crippen molar-refractivity contribution >= 4 is 17.6 Å². The average Bonchev–Trinajstić information content (AvgIpc) is 2.66. The Morgan fingerprint density at radius 3 is 2.48 bits per heavy atom. The Bertz CT molecular complexity index is 770. The van der Waals surface area contributed by atoms with E-state index in [0.717, 1.165) is 6.42 Å². The Hall–Kier alpha value is -3.02. The van der Waals surface area contributed by atoms with Crippen LogP contribution in [0.25, 0.3) is 0 Å². The van der Waals surface area contributed by atoms with Crippen LogP contribution in [0.2, 0.25) is 0 Å². The van der Waals surface area contributed by atoms with Crippen LogP contribution in [0.3, 0.4) is 0 Å². The second-order valence-corrected chi connectivity index (χ2v) is 5.53. The van der Waals surface area contributed by atoms with Gasteiger partial charge in [-0.15, -0.1) is 0 Å². The topological polar surface area (TPSA) is 73.9 Å². The zero-order valence-corrected chi connectivity index (χ0v) is 13.9. The Labute approximate surface area is 145 Å². The summed E-state index contributed by atoms with van der Waals surface area (Å²) in [5.74, 6) is 0.112. The van der Waals surface area contributed by atoms with Crippen molar-refractivity contribution < 1.29 is 23.8 Å². The van der Waals surface area contributed by atoms with Crippen LogP contribution in [0, 0.1) is 0 Å². The fourth-order valence-electron chi connectivity index (χ4n) is 2.41. The lowest BCUT2D eigenvalue weighted by molar-refractivity contribution is -0.119. The molecule has 0 atom stereocenters. The molecule has 0 spiro atoms. The number of ether oxygens (including phenoxy) is 3. The maximum atomic E-state index is 12.1. The lowest BCUT2D eigenvalue weighted by atomic mass is 10.1. The number of esters is 1. The minimum absolute atomic E-state index is 0.310. The average molecular weight is 341 g/mol. The van der Waals surface area contributed by atoms with Crippen molar-refractivity contribution in [2.45, 2.75) is 13.3 Å². The van der Waals surface area contributed by atoms with Crippen LogP contribution in [0.1, 0.15) is 22.8 Å². The molecule has 0 bridgehead atoms. The number of anilines is 1. The summed E-state index contributed by atoms with van der Waals surface area (Å²) in [7, 11) is 0. The first-order valence-corrected chi connectivity index (χ1v) is 8.11. The number of hydrogen-bond acceptors (Lipinski definition) is 5. The number of carbonyl (C=O) groups is 2. The molecule has 1 amide bonds. The smallest absolute Gasteiger partial charge is 0.338 e. The van der Waals surface area contributed by atoms with E-state index in [1.54, 1.807) is 18.2 Å². The quantitative estimate of drug-likeness (QED) is 0.847. The Morgan fingerprint density at radius 1 is 1.04 bits per heavy atom. The van der Waals surface area contributed by atoms with Gasteiger partial charge in [-0.25, -0.2) is 4.79 Å². The molecule has 2 aromatic rings. The summed E-state index contributed by atoms with van der Waals surface area (Å²) in [6.45, 7) is 2.62. The van der Waals surface area contributed by atoms with E-state index in [9.17, 15) is 9.59 Å². The molecule has 0 saturated heterocycles. The van der Waals surface area contributed by atoms with Crippen molar-refractivity contribution in [3.63, 3.8) is 0 Å². The molecule has 2 aromatic carbocycles. The molecule has 0 fully saturated rings. The largest absolute Gasteiger partial charge is 0.486 e. The third kappa shape index (κ3) is 4.29. The first kappa shape index (κ1) is 16.8. The number of aryl methyl sites for hydroxylation is 1. The SMILES string of the molecule is CCc1ccc(NC(=O)COC(=O)c2ccc3c(c2)OCCO3)cc1. The van der Waals surface area contributed by atoms with E-state index in [1.165, 1.54) is 5.56 Å². The predicted molar refractivity (Wildman–Crippen MR) is 92.2 cm³/mol. The Balaban J connectivity index is 1.53. The first-order valence-electron chi connectivity index (χ1n) is 8.11. The minimum atomic E-state index is -0.589. The summed E-state index contributed by atoms with van der Waals surface area (Å²) in [6.07, 6.45) is 0.932. The van der Waals surface area contributed by atoms with Crippen LogP contribution in [0.5, 0.6) is 11.5 Å². The van der Waals surface area contributed by atoms with Crippen LogP contribution in [0.4, 0.5) is 5.69 Å². The lowest BCUT2D eigenvalue weighted by Gasteiger charge is -2.18. The molecule has 0 unspecified atom stereocenters. The highest BCUT2D eigenvalue weighted by atomic mass is 16.6. The van der Waals surface area contributed by atoms with Gasteiger partial charge in [-0.3, -0.25) is 4.79 Å².